The van der Waals surface area contributed by atoms with E-state index in [1.165, 1.54) is 0 Å². The first-order valence-electron chi connectivity index (χ1n) is 5.22. The van der Waals surface area contributed by atoms with Crippen molar-refractivity contribution in [2.45, 2.75) is 25.5 Å². The molecule has 1 aliphatic heterocycles. The molecule has 3 unspecified atom stereocenters. The molecule has 80 valence electrons. The number of aliphatic hydroxyl groups is 1. The molecule has 3 atom stereocenters. The Bertz CT molecular complexity index is 350. The maximum absolute atomic E-state index is 11.5. The van der Waals surface area contributed by atoms with Crippen LogP contribution < -0.4 is 5.32 Å². The van der Waals surface area contributed by atoms with Gasteiger partial charge in [0.1, 0.15) is 6.23 Å². The molecule has 0 aliphatic carbocycles. The number of carbonyl (C=O) groups excluding carboxylic acids is 1. The van der Waals surface area contributed by atoms with Crippen LogP contribution >= 0.6 is 0 Å². The maximum Gasteiger partial charge on any atom is 0.225 e. The van der Waals surface area contributed by atoms with Crippen LogP contribution in [0.2, 0.25) is 0 Å². The summed E-state index contributed by atoms with van der Waals surface area (Å²) >= 11 is 0. The Balaban J connectivity index is 2.15. The van der Waals surface area contributed by atoms with Crippen LogP contribution in [0.1, 0.15) is 24.8 Å². The van der Waals surface area contributed by atoms with Crippen LogP contribution in [0, 0.1) is 5.92 Å². The average molecular weight is 205 g/mol. The molecule has 1 aliphatic rings. The van der Waals surface area contributed by atoms with Crippen molar-refractivity contribution in [3.05, 3.63) is 35.9 Å². The van der Waals surface area contributed by atoms with Crippen molar-refractivity contribution in [1.29, 1.82) is 0 Å². The monoisotopic (exact) mass is 205 g/mol. The summed E-state index contributed by atoms with van der Waals surface area (Å²) < 4.78 is 0. The molecule has 0 radical (unpaired) electrons. The van der Waals surface area contributed by atoms with Crippen LogP contribution in [0.25, 0.3) is 0 Å². The highest BCUT2D eigenvalue weighted by Gasteiger charge is 2.35. The van der Waals surface area contributed by atoms with Crippen LogP contribution in [-0.4, -0.2) is 17.2 Å². The Hall–Kier alpha value is -1.35. The van der Waals surface area contributed by atoms with E-state index in [0.29, 0.717) is 6.42 Å². The number of rotatable bonds is 2. The molecule has 2 rings (SSSR count). The Morgan fingerprint density at radius 3 is 2.60 bits per heavy atom. The fraction of sp³-hybridized carbons (Fsp3) is 0.417. The molecule has 1 aromatic rings. The van der Waals surface area contributed by atoms with Gasteiger partial charge in [-0.1, -0.05) is 37.3 Å². The number of carbonyl (C=O) groups is 1. The van der Waals surface area contributed by atoms with E-state index >= 15 is 0 Å². The third-order valence-corrected chi connectivity index (χ3v) is 3.05. The van der Waals surface area contributed by atoms with Gasteiger partial charge >= 0.3 is 0 Å². The molecule has 3 nitrogen and oxygen atoms in total. The smallest absolute Gasteiger partial charge is 0.225 e. The first-order chi connectivity index (χ1) is 7.18. The first kappa shape index (κ1) is 10.2. The molecule has 3 heteroatoms. The van der Waals surface area contributed by atoms with E-state index in [1.807, 2.05) is 37.3 Å². The number of aliphatic hydroxyl groups excluding tert-OH is 1. The van der Waals surface area contributed by atoms with Gasteiger partial charge in [-0.15, -0.1) is 0 Å². The fourth-order valence-corrected chi connectivity index (χ4v) is 2.10. The molecular formula is C12H15NO2. The van der Waals surface area contributed by atoms with E-state index in [1.54, 1.807) is 0 Å². The van der Waals surface area contributed by atoms with Crippen LogP contribution in [-0.2, 0) is 4.79 Å². The van der Waals surface area contributed by atoms with Crippen molar-refractivity contribution in [2.24, 2.45) is 5.92 Å². The summed E-state index contributed by atoms with van der Waals surface area (Å²) in [6.45, 7) is 2.03. The molecule has 0 saturated carbocycles. The molecule has 1 amide bonds. The van der Waals surface area contributed by atoms with Gasteiger partial charge in [-0.05, 0) is 11.5 Å². The first-order valence-corrected chi connectivity index (χ1v) is 5.22. The van der Waals surface area contributed by atoms with Crippen LogP contribution in [0.5, 0.6) is 0 Å². The zero-order valence-electron chi connectivity index (χ0n) is 8.68. The molecule has 1 fully saturated rings. The van der Waals surface area contributed by atoms with Crippen LogP contribution in [0.15, 0.2) is 30.3 Å². The van der Waals surface area contributed by atoms with Gasteiger partial charge in [0.2, 0.25) is 5.91 Å². The molecule has 0 bridgehead atoms. The number of hydrogen-bond acceptors (Lipinski definition) is 2. The lowest BCUT2D eigenvalue weighted by molar-refractivity contribution is -0.123. The van der Waals surface area contributed by atoms with Crippen molar-refractivity contribution in [3.8, 4) is 0 Å². The minimum absolute atomic E-state index is 0.0427. The van der Waals surface area contributed by atoms with Gasteiger partial charge in [-0.2, -0.15) is 0 Å². The van der Waals surface area contributed by atoms with E-state index in [2.05, 4.69) is 5.32 Å². The predicted octanol–water partition coefficient (Wildman–Crippen LogP) is 1.24. The standard InChI is InChI=1S/C12H15NO2/c1-8(9-5-3-2-4-6-9)10-7-11(14)13-12(10)15/h2-6,8,10-11,14H,7H2,1H3,(H,13,15). The van der Waals surface area contributed by atoms with Gasteiger partial charge in [0, 0.05) is 12.3 Å². The quantitative estimate of drug-likeness (QED) is 0.763. The average Bonchev–Trinajstić information content (AvgIpc) is 2.58. The third-order valence-electron chi connectivity index (χ3n) is 3.05. The summed E-state index contributed by atoms with van der Waals surface area (Å²) in [6, 6.07) is 9.93. The minimum Gasteiger partial charge on any atom is -0.374 e. The van der Waals surface area contributed by atoms with Crippen molar-refractivity contribution < 1.29 is 9.90 Å². The van der Waals surface area contributed by atoms with Crippen LogP contribution in [0.4, 0.5) is 0 Å². The van der Waals surface area contributed by atoms with E-state index < -0.39 is 6.23 Å². The lowest BCUT2D eigenvalue weighted by atomic mass is 9.86. The summed E-state index contributed by atoms with van der Waals surface area (Å²) in [7, 11) is 0. The summed E-state index contributed by atoms with van der Waals surface area (Å²) in [5.41, 5.74) is 1.15. The molecule has 0 spiro atoms. The van der Waals surface area contributed by atoms with E-state index in [-0.39, 0.29) is 17.7 Å². The van der Waals surface area contributed by atoms with Crippen molar-refractivity contribution in [3.63, 3.8) is 0 Å². The molecule has 0 aromatic heterocycles. The zero-order valence-corrected chi connectivity index (χ0v) is 8.68. The molecule has 1 heterocycles. The molecule has 1 saturated heterocycles. The highest BCUT2D eigenvalue weighted by molar-refractivity contribution is 5.81. The number of amides is 1. The van der Waals surface area contributed by atoms with Gasteiger partial charge in [-0.25, -0.2) is 0 Å². The lowest BCUT2D eigenvalue weighted by Gasteiger charge is -2.16. The van der Waals surface area contributed by atoms with Crippen molar-refractivity contribution >= 4 is 5.91 Å². The number of hydrogen-bond donors (Lipinski definition) is 2. The largest absolute Gasteiger partial charge is 0.374 e. The maximum atomic E-state index is 11.5. The summed E-state index contributed by atoms with van der Waals surface area (Å²) in [4.78, 5) is 11.5. The van der Waals surface area contributed by atoms with Gasteiger partial charge in [-0.3, -0.25) is 4.79 Å². The predicted molar refractivity (Wildman–Crippen MR) is 57.1 cm³/mol. The SMILES string of the molecule is CC(c1ccccc1)C1CC(O)NC1=O. The Morgan fingerprint density at radius 1 is 1.40 bits per heavy atom. The number of benzene rings is 1. The van der Waals surface area contributed by atoms with E-state index in [4.69, 9.17) is 0 Å². The molecule has 15 heavy (non-hydrogen) atoms. The van der Waals surface area contributed by atoms with Gasteiger partial charge in [0.25, 0.3) is 0 Å². The van der Waals surface area contributed by atoms with Gasteiger partial charge in [0.05, 0.1) is 0 Å². The Morgan fingerprint density at radius 2 is 2.07 bits per heavy atom. The lowest BCUT2D eigenvalue weighted by Crippen LogP contribution is -2.26. The summed E-state index contributed by atoms with van der Waals surface area (Å²) in [6.07, 6.45) is -0.164. The Kier molecular flexibility index (Phi) is 2.73. The van der Waals surface area contributed by atoms with E-state index in [0.717, 1.165) is 5.56 Å². The fourth-order valence-electron chi connectivity index (χ4n) is 2.10. The Labute approximate surface area is 89.1 Å². The molecular weight excluding hydrogens is 190 g/mol. The normalized spacial score (nSPS) is 27.5. The second-order valence-corrected chi connectivity index (χ2v) is 4.07. The third kappa shape index (κ3) is 2.02. The topological polar surface area (TPSA) is 49.3 Å². The van der Waals surface area contributed by atoms with E-state index in [9.17, 15) is 9.90 Å². The second kappa shape index (κ2) is 4.03. The number of nitrogens with one attached hydrogen (secondary N) is 1. The highest BCUT2D eigenvalue weighted by atomic mass is 16.3. The zero-order chi connectivity index (χ0) is 10.8. The van der Waals surface area contributed by atoms with Crippen molar-refractivity contribution in [2.75, 3.05) is 0 Å². The highest BCUT2D eigenvalue weighted by Crippen LogP contribution is 2.30. The summed E-state index contributed by atoms with van der Waals surface area (Å²) in [5, 5.41) is 11.9. The minimum atomic E-state index is -0.673. The molecule has 1 aromatic carbocycles. The molecule has 2 N–H and O–H groups in total. The second-order valence-electron chi connectivity index (χ2n) is 4.07. The van der Waals surface area contributed by atoms with Gasteiger partial charge < -0.3 is 10.4 Å². The van der Waals surface area contributed by atoms with Gasteiger partial charge in [0.15, 0.2) is 0 Å². The summed E-state index contributed by atoms with van der Waals surface area (Å²) in [5.74, 6) is 0.00426. The van der Waals surface area contributed by atoms with Crippen LogP contribution in [0.3, 0.4) is 0 Å². The van der Waals surface area contributed by atoms with Crippen molar-refractivity contribution in [1.82, 2.24) is 5.32 Å².